The summed E-state index contributed by atoms with van der Waals surface area (Å²) in [5, 5.41) is 0. The van der Waals surface area contributed by atoms with Crippen molar-refractivity contribution in [1.82, 2.24) is 4.90 Å². The first-order chi connectivity index (χ1) is 8.04. The number of amides is 2. The van der Waals surface area contributed by atoms with Gasteiger partial charge in [-0.15, -0.1) is 17.8 Å². The zero-order chi connectivity index (χ0) is 12.6. The van der Waals surface area contributed by atoms with Crippen LogP contribution in [0.2, 0.25) is 0 Å². The summed E-state index contributed by atoms with van der Waals surface area (Å²) < 4.78 is 1.87. The molecule has 88 valence electrons. The lowest BCUT2D eigenvalue weighted by molar-refractivity contribution is 0.214. The first kappa shape index (κ1) is 12.6. The topological polar surface area (TPSA) is 58.7 Å². The lowest BCUT2D eigenvalue weighted by Crippen LogP contribution is -2.33. The Morgan fingerprint density at radius 2 is 2.35 bits per heavy atom. The Kier molecular flexibility index (Phi) is 3.56. The molecule has 0 saturated carbocycles. The van der Waals surface area contributed by atoms with Gasteiger partial charge in [0.1, 0.15) is 11.9 Å². The van der Waals surface area contributed by atoms with Crippen molar-refractivity contribution in [3.63, 3.8) is 0 Å². The molecule has 2 heterocycles. The molecule has 1 aromatic rings. The van der Waals surface area contributed by atoms with Crippen molar-refractivity contribution in [2.75, 3.05) is 6.54 Å². The van der Waals surface area contributed by atoms with Crippen molar-refractivity contribution in [3.05, 3.63) is 19.2 Å². The van der Waals surface area contributed by atoms with Crippen LogP contribution >= 0.6 is 43.2 Å². The Morgan fingerprint density at radius 3 is 2.88 bits per heavy atom. The van der Waals surface area contributed by atoms with Gasteiger partial charge in [-0.2, -0.15) is 4.99 Å². The second-order valence-electron chi connectivity index (χ2n) is 3.32. The van der Waals surface area contributed by atoms with E-state index in [4.69, 9.17) is 12.2 Å². The molecule has 0 fully saturated rings. The normalized spacial score (nSPS) is 19.4. The molecule has 4 nitrogen and oxygen atoms in total. The van der Waals surface area contributed by atoms with Crippen LogP contribution in [0.3, 0.4) is 0 Å². The van der Waals surface area contributed by atoms with Gasteiger partial charge in [-0.3, -0.25) is 4.90 Å². The van der Waals surface area contributed by atoms with Crippen LogP contribution in [0.25, 0.3) is 0 Å². The third kappa shape index (κ3) is 2.25. The van der Waals surface area contributed by atoms with Crippen LogP contribution in [0.15, 0.2) is 19.3 Å². The van der Waals surface area contributed by atoms with Gasteiger partial charge in [-0.05, 0) is 37.9 Å². The summed E-state index contributed by atoms with van der Waals surface area (Å²) in [6.45, 7) is 0.195. The number of aliphatic imine (C=N–C) groups is 1. The molecule has 2 rings (SSSR count). The highest BCUT2D eigenvalue weighted by Crippen LogP contribution is 2.38. The summed E-state index contributed by atoms with van der Waals surface area (Å²) >= 11 is 8.29. The Morgan fingerprint density at radius 1 is 1.65 bits per heavy atom. The van der Waals surface area contributed by atoms with Gasteiger partial charge in [0.05, 0.1) is 10.3 Å². The van der Waals surface area contributed by atoms with Gasteiger partial charge in [0.2, 0.25) is 0 Å². The molecule has 0 radical (unpaired) electrons. The number of nitrogens with two attached hydrogens (primary N) is 1. The smallest absolute Gasteiger partial charge is 0.347 e. The Bertz CT molecular complexity index is 527. The number of halogens is 2. The minimum absolute atomic E-state index is 0.195. The quantitative estimate of drug-likeness (QED) is 0.806. The average Bonchev–Trinajstić information content (AvgIpc) is 2.70. The molecule has 17 heavy (non-hydrogen) atoms. The molecule has 1 aliphatic rings. The monoisotopic (exact) mass is 375 g/mol. The molecule has 0 aliphatic carbocycles. The van der Waals surface area contributed by atoms with E-state index in [2.05, 4.69) is 42.8 Å². The number of thiophene rings is 1. The van der Waals surface area contributed by atoms with Crippen molar-refractivity contribution in [2.24, 2.45) is 10.7 Å². The molecule has 1 unspecified atom stereocenters. The highest BCUT2D eigenvalue weighted by molar-refractivity contribution is 9.13. The van der Waals surface area contributed by atoms with E-state index in [0.717, 1.165) is 13.1 Å². The van der Waals surface area contributed by atoms with Gasteiger partial charge in [0.25, 0.3) is 0 Å². The van der Waals surface area contributed by atoms with E-state index in [1.807, 2.05) is 6.07 Å². The molecule has 1 atom stereocenters. The van der Waals surface area contributed by atoms with Crippen molar-refractivity contribution >= 4 is 55.1 Å². The Hall–Kier alpha value is -0.840. The molecule has 0 aromatic carbocycles. The molecular formula is C10H7Br2N3OS. The number of carbonyl (C=O) groups is 1. The van der Waals surface area contributed by atoms with Crippen LogP contribution in [-0.4, -0.2) is 23.3 Å². The number of terminal acetylenes is 1. The van der Waals surface area contributed by atoms with Crippen LogP contribution in [-0.2, 0) is 0 Å². The maximum atomic E-state index is 11.6. The first-order valence-corrected chi connectivity index (χ1v) is 6.97. The Labute approximate surface area is 119 Å². The van der Waals surface area contributed by atoms with Crippen LogP contribution in [0.1, 0.15) is 10.9 Å². The van der Waals surface area contributed by atoms with E-state index in [1.165, 1.54) is 16.2 Å². The van der Waals surface area contributed by atoms with Gasteiger partial charge >= 0.3 is 6.03 Å². The van der Waals surface area contributed by atoms with Crippen LogP contribution in [0, 0.1) is 12.3 Å². The number of hydrogen-bond donors (Lipinski definition) is 1. The maximum Gasteiger partial charge on any atom is 0.347 e. The van der Waals surface area contributed by atoms with E-state index in [-0.39, 0.29) is 24.5 Å². The summed E-state index contributed by atoms with van der Waals surface area (Å²) in [4.78, 5) is 17.7. The van der Waals surface area contributed by atoms with E-state index >= 15 is 0 Å². The fraction of sp³-hybridized carbons (Fsp3) is 0.200. The summed E-state index contributed by atoms with van der Waals surface area (Å²) in [6.07, 6.45) is 5.24. The lowest BCUT2D eigenvalue weighted by atomic mass is 10.2. The minimum atomic E-state index is -0.383. The van der Waals surface area contributed by atoms with Gasteiger partial charge in [-0.1, -0.05) is 5.92 Å². The van der Waals surface area contributed by atoms with Crippen LogP contribution in [0.4, 0.5) is 4.79 Å². The summed E-state index contributed by atoms with van der Waals surface area (Å²) in [5.41, 5.74) is 5.78. The van der Waals surface area contributed by atoms with E-state index < -0.39 is 0 Å². The first-order valence-electron chi connectivity index (χ1n) is 4.57. The summed E-state index contributed by atoms with van der Waals surface area (Å²) in [6, 6.07) is 1.17. The highest BCUT2D eigenvalue weighted by atomic mass is 79.9. The second-order valence-corrected chi connectivity index (χ2v) is 6.58. The standard InChI is InChI=1S/C10H7Br2N3OS/c1-2-3-15-7(9(13)14-10(15)16)6-4-5(11)8(12)17-6/h1,4,7H,3H2,(H2,13,14,16). The van der Waals surface area contributed by atoms with Gasteiger partial charge in [-0.25, -0.2) is 4.79 Å². The minimum Gasteiger partial charge on any atom is -0.385 e. The van der Waals surface area contributed by atoms with Gasteiger partial charge in [0, 0.05) is 9.35 Å². The molecular weight excluding hydrogens is 370 g/mol. The largest absolute Gasteiger partial charge is 0.385 e. The third-order valence-corrected chi connectivity index (χ3v) is 5.57. The number of nitrogens with zero attached hydrogens (tertiary/aromatic N) is 2. The van der Waals surface area contributed by atoms with Crippen LogP contribution < -0.4 is 5.73 Å². The van der Waals surface area contributed by atoms with Crippen molar-refractivity contribution in [1.29, 1.82) is 0 Å². The predicted octanol–water partition coefficient (Wildman–Crippen LogP) is 2.74. The summed E-state index contributed by atoms with van der Waals surface area (Å²) in [5.74, 6) is 2.72. The average molecular weight is 377 g/mol. The lowest BCUT2D eigenvalue weighted by Gasteiger charge is -2.20. The highest BCUT2D eigenvalue weighted by Gasteiger charge is 2.35. The van der Waals surface area contributed by atoms with E-state index in [9.17, 15) is 4.79 Å². The zero-order valence-electron chi connectivity index (χ0n) is 8.48. The Balaban J connectivity index is 2.39. The molecule has 2 N–H and O–H groups in total. The molecule has 0 bridgehead atoms. The number of rotatable bonds is 2. The van der Waals surface area contributed by atoms with Crippen LogP contribution in [0.5, 0.6) is 0 Å². The SMILES string of the molecule is C#CCN1C(=O)N=C(N)C1c1cc(Br)c(Br)s1. The van der Waals surface area contributed by atoms with Crippen molar-refractivity contribution in [2.45, 2.75) is 6.04 Å². The van der Waals surface area contributed by atoms with Gasteiger partial charge < -0.3 is 5.73 Å². The van der Waals surface area contributed by atoms with Crippen molar-refractivity contribution < 1.29 is 4.79 Å². The number of carbonyl (C=O) groups excluding carboxylic acids is 1. The number of urea groups is 1. The second kappa shape index (κ2) is 4.80. The summed E-state index contributed by atoms with van der Waals surface area (Å²) in [7, 11) is 0. The molecule has 1 aliphatic heterocycles. The van der Waals surface area contributed by atoms with E-state index in [0.29, 0.717) is 0 Å². The molecule has 1 aromatic heterocycles. The van der Waals surface area contributed by atoms with E-state index in [1.54, 1.807) is 0 Å². The molecule has 7 heteroatoms. The number of amidine groups is 1. The maximum absolute atomic E-state index is 11.6. The zero-order valence-corrected chi connectivity index (χ0v) is 12.5. The molecule has 0 spiro atoms. The molecule has 0 saturated heterocycles. The van der Waals surface area contributed by atoms with Crippen molar-refractivity contribution in [3.8, 4) is 12.3 Å². The number of hydrogen-bond acceptors (Lipinski definition) is 3. The fourth-order valence-corrected chi connectivity index (χ4v) is 3.78. The fourth-order valence-electron chi connectivity index (χ4n) is 1.56. The predicted molar refractivity (Wildman–Crippen MR) is 75.0 cm³/mol. The molecule has 2 amide bonds. The van der Waals surface area contributed by atoms with Gasteiger partial charge in [0.15, 0.2) is 0 Å². The third-order valence-electron chi connectivity index (χ3n) is 2.26.